The molecule has 2 aromatic heterocycles. The molecule has 3 heterocycles. The lowest BCUT2D eigenvalue weighted by atomic mass is 10.0. The molecule has 204 valence electrons. The van der Waals surface area contributed by atoms with Crippen LogP contribution in [0.3, 0.4) is 0 Å². The zero-order valence-corrected chi connectivity index (χ0v) is 21.9. The molecule has 1 fully saturated rings. The average molecular weight is 539 g/mol. The number of aryl methyl sites for hydroxylation is 1. The number of carbonyl (C=O) groups is 1. The van der Waals surface area contributed by atoms with Gasteiger partial charge in [-0.25, -0.2) is 4.98 Å². The summed E-state index contributed by atoms with van der Waals surface area (Å²) in [7, 11) is 2.08. The molecule has 1 saturated heterocycles. The first-order chi connectivity index (χ1) is 18.6. The quantitative estimate of drug-likeness (QED) is 0.334. The predicted octanol–water partition coefficient (Wildman–Crippen LogP) is 3.90. The van der Waals surface area contributed by atoms with Gasteiger partial charge in [-0.1, -0.05) is 18.2 Å². The van der Waals surface area contributed by atoms with Crippen molar-refractivity contribution in [3.63, 3.8) is 0 Å². The van der Waals surface area contributed by atoms with Gasteiger partial charge in [0.05, 0.1) is 25.7 Å². The van der Waals surface area contributed by atoms with Crippen LogP contribution < -0.4 is 15.0 Å². The molecule has 0 unspecified atom stereocenters. The molecule has 1 aliphatic rings. The minimum Gasteiger partial charge on any atom is -0.484 e. The average Bonchev–Trinajstić information content (AvgIpc) is 3.28. The highest BCUT2D eigenvalue weighted by atomic mass is 19.4. The van der Waals surface area contributed by atoms with Gasteiger partial charge in [-0.05, 0) is 54.4 Å². The third kappa shape index (κ3) is 6.58. The lowest BCUT2D eigenvalue weighted by Crippen LogP contribution is -3.11. The zero-order valence-electron chi connectivity index (χ0n) is 21.9. The molecule has 1 amide bonds. The smallest absolute Gasteiger partial charge is 0.416 e. The van der Waals surface area contributed by atoms with Crippen LogP contribution >= 0.6 is 0 Å². The minimum atomic E-state index is -4.52. The first kappa shape index (κ1) is 26.7. The molecular weight excluding hydrogens is 507 g/mol. The number of aromatic nitrogens is 2. The number of nitrogens with zero attached hydrogens (tertiary/aromatic N) is 2. The van der Waals surface area contributed by atoms with Gasteiger partial charge in [0.1, 0.15) is 11.4 Å². The second-order valence-corrected chi connectivity index (χ2v) is 10.1. The van der Waals surface area contributed by atoms with Crippen molar-refractivity contribution in [3.8, 4) is 16.9 Å². The summed E-state index contributed by atoms with van der Waals surface area (Å²) in [6.45, 7) is 5.17. The molecule has 0 radical (unpaired) electrons. The van der Waals surface area contributed by atoms with Crippen molar-refractivity contribution in [3.05, 3.63) is 77.6 Å². The second kappa shape index (κ2) is 11.1. The summed E-state index contributed by atoms with van der Waals surface area (Å²) in [4.78, 5) is 23.5. The van der Waals surface area contributed by atoms with Crippen LogP contribution in [0, 0.1) is 6.92 Å². The van der Waals surface area contributed by atoms with Crippen molar-refractivity contribution < 1.29 is 27.6 Å². The molecule has 4 aromatic rings. The number of rotatable bonds is 7. The van der Waals surface area contributed by atoms with E-state index < -0.39 is 17.6 Å². The molecule has 0 atom stereocenters. The number of H-pyrrole nitrogens is 1. The number of alkyl halides is 3. The van der Waals surface area contributed by atoms with E-state index in [0.717, 1.165) is 60.1 Å². The number of anilines is 1. The van der Waals surface area contributed by atoms with Crippen LogP contribution in [0.1, 0.15) is 16.8 Å². The van der Waals surface area contributed by atoms with E-state index in [1.165, 1.54) is 17.0 Å². The van der Waals surface area contributed by atoms with Gasteiger partial charge < -0.3 is 19.9 Å². The number of nitrogens with one attached hydrogen (secondary N) is 3. The Labute approximate surface area is 224 Å². The number of carbonyl (C=O) groups excluding carboxylic acids is 1. The Morgan fingerprint density at radius 1 is 1.08 bits per heavy atom. The fraction of sp³-hybridized carbons (Fsp3) is 0.310. The first-order valence-corrected chi connectivity index (χ1v) is 12.9. The maximum atomic E-state index is 13.8. The van der Waals surface area contributed by atoms with Crippen LogP contribution in [0.5, 0.6) is 5.75 Å². The molecule has 1 aliphatic heterocycles. The van der Waals surface area contributed by atoms with Crippen molar-refractivity contribution in [1.29, 1.82) is 0 Å². The predicted molar refractivity (Wildman–Crippen MR) is 144 cm³/mol. The monoisotopic (exact) mass is 538 g/mol. The van der Waals surface area contributed by atoms with Crippen molar-refractivity contribution in [2.24, 2.45) is 0 Å². The molecule has 3 N–H and O–H groups in total. The summed E-state index contributed by atoms with van der Waals surface area (Å²) in [5.74, 6) is -0.0692. The Hall–Kier alpha value is -3.89. The number of halogens is 3. The van der Waals surface area contributed by atoms with Crippen LogP contribution in [0.25, 0.3) is 22.2 Å². The SMILES string of the molecule is Cc1cc2cc(-c3ccc(OCC(=O)Nc4ccc(CN5CC[NH+](C)CC5)c(C(F)(F)F)c4)cc3)cnc2[nH]1. The number of pyridine rings is 1. The molecule has 0 spiro atoms. The number of benzene rings is 2. The molecule has 2 aromatic carbocycles. The lowest BCUT2D eigenvalue weighted by Gasteiger charge is -2.30. The summed E-state index contributed by atoms with van der Waals surface area (Å²) in [6.07, 6.45) is -2.74. The lowest BCUT2D eigenvalue weighted by molar-refractivity contribution is -0.884. The van der Waals surface area contributed by atoms with Crippen molar-refractivity contribution in [1.82, 2.24) is 14.9 Å². The summed E-state index contributed by atoms with van der Waals surface area (Å²) < 4.78 is 47.0. The first-order valence-electron chi connectivity index (χ1n) is 12.9. The summed E-state index contributed by atoms with van der Waals surface area (Å²) in [6, 6.07) is 15.2. The number of likely N-dealkylation sites (N-methyl/N-ethyl adjacent to an activating group) is 1. The topological polar surface area (TPSA) is 74.7 Å². The largest absolute Gasteiger partial charge is 0.484 e. The number of piperazine rings is 1. The van der Waals surface area contributed by atoms with Gasteiger partial charge in [-0.3, -0.25) is 9.69 Å². The van der Waals surface area contributed by atoms with Gasteiger partial charge in [0.25, 0.3) is 5.91 Å². The van der Waals surface area contributed by atoms with Crippen molar-refractivity contribution in [2.75, 3.05) is 45.2 Å². The van der Waals surface area contributed by atoms with Crippen molar-refractivity contribution >= 4 is 22.6 Å². The zero-order chi connectivity index (χ0) is 27.6. The number of hydrogen-bond donors (Lipinski definition) is 3. The molecule has 0 saturated carbocycles. The number of fused-ring (bicyclic) bond motifs is 1. The van der Waals surface area contributed by atoms with E-state index in [2.05, 4.69) is 22.3 Å². The van der Waals surface area contributed by atoms with Crippen molar-refractivity contribution in [2.45, 2.75) is 19.6 Å². The van der Waals surface area contributed by atoms with Crippen LogP contribution in [-0.4, -0.2) is 60.6 Å². The van der Waals surface area contributed by atoms with Crippen LogP contribution in [0.2, 0.25) is 0 Å². The maximum absolute atomic E-state index is 13.8. The van der Waals surface area contributed by atoms with E-state index in [-0.39, 0.29) is 24.4 Å². The van der Waals surface area contributed by atoms with E-state index in [4.69, 9.17) is 4.74 Å². The fourth-order valence-corrected chi connectivity index (χ4v) is 4.79. The fourth-order valence-electron chi connectivity index (χ4n) is 4.79. The Kier molecular flexibility index (Phi) is 7.58. The molecule has 5 rings (SSSR count). The Bertz CT molecular complexity index is 1460. The molecule has 39 heavy (non-hydrogen) atoms. The Balaban J connectivity index is 1.19. The standard InChI is InChI=1S/C29H30F3N5O2/c1-19-13-22-14-23(16-33-28(22)34-19)20-4-7-25(8-5-20)39-18-27(38)35-24-6-3-21(26(15-24)29(30,31)32)17-37-11-9-36(2)10-12-37/h3-8,13-16H,9-12,17-18H2,1-2H3,(H,33,34)(H,35,38)/p+1. The third-order valence-corrected chi connectivity index (χ3v) is 6.96. The van der Waals surface area contributed by atoms with Gasteiger partial charge in [0.15, 0.2) is 6.61 Å². The Morgan fingerprint density at radius 2 is 1.82 bits per heavy atom. The molecular formula is C29H31F3N5O2+. The van der Waals surface area contributed by atoms with E-state index in [1.807, 2.05) is 36.1 Å². The minimum absolute atomic E-state index is 0.0840. The Morgan fingerprint density at radius 3 is 2.54 bits per heavy atom. The number of amides is 1. The van der Waals surface area contributed by atoms with Gasteiger partial charge in [-0.2, -0.15) is 13.2 Å². The maximum Gasteiger partial charge on any atom is 0.416 e. The molecule has 0 bridgehead atoms. The molecule has 7 nitrogen and oxygen atoms in total. The number of quaternary nitrogens is 1. The molecule has 0 aliphatic carbocycles. The van der Waals surface area contributed by atoms with Gasteiger partial charge in [0.2, 0.25) is 0 Å². The van der Waals surface area contributed by atoms with E-state index in [1.54, 1.807) is 18.3 Å². The number of aromatic amines is 1. The van der Waals surface area contributed by atoms with Crippen LogP contribution in [-0.2, 0) is 17.5 Å². The van der Waals surface area contributed by atoms with Gasteiger partial charge in [0, 0.05) is 48.2 Å². The highest BCUT2D eigenvalue weighted by Crippen LogP contribution is 2.34. The summed E-state index contributed by atoms with van der Waals surface area (Å²) >= 11 is 0. The highest BCUT2D eigenvalue weighted by molar-refractivity contribution is 5.92. The van der Waals surface area contributed by atoms with Gasteiger partial charge in [-0.15, -0.1) is 0 Å². The highest BCUT2D eigenvalue weighted by Gasteiger charge is 2.34. The van der Waals surface area contributed by atoms with E-state index in [9.17, 15) is 18.0 Å². The summed E-state index contributed by atoms with van der Waals surface area (Å²) in [5, 5.41) is 3.54. The van der Waals surface area contributed by atoms with E-state index >= 15 is 0 Å². The number of ether oxygens (including phenoxy) is 1. The summed E-state index contributed by atoms with van der Waals surface area (Å²) in [5.41, 5.74) is 3.31. The number of hydrogen-bond acceptors (Lipinski definition) is 4. The van der Waals surface area contributed by atoms with Gasteiger partial charge >= 0.3 is 6.18 Å². The van der Waals surface area contributed by atoms with E-state index in [0.29, 0.717) is 5.75 Å². The normalized spacial score (nSPS) is 15.0. The third-order valence-electron chi connectivity index (χ3n) is 6.96. The second-order valence-electron chi connectivity index (χ2n) is 10.1. The van der Waals surface area contributed by atoms with Crippen LogP contribution in [0.4, 0.5) is 18.9 Å². The molecule has 10 heteroatoms. The van der Waals surface area contributed by atoms with Crippen LogP contribution in [0.15, 0.2) is 60.8 Å².